The molecule has 0 aliphatic heterocycles. The topological polar surface area (TPSA) is 41.5 Å². The molecular formula is C18H29NO2. The number of nitrogens with one attached hydrogen (secondary N) is 1. The molecule has 3 heteroatoms. The van der Waals surface area contributed by atoms with E-state index in [1.807, 2.05) is 31.2 Å². The lowest BCUT2D eigenvalue weighted by atomic mass is 9.75. The first-order valence-corrected chi connectivity index (χ1v) is 8.06. The lowest BCUT2D eigenvalue weighted by Crippen LogP contribution is -2.41. The van der Waals surface area contributed by atoms with Crippen LogP contribution in [0, 0.1) is 12.3 Å². The van der Waals surface area contributed by atoms with Crippen LogP contribution >= 0.6 is 0 Å². The van der Waals surface area contributed by atoms with Gasteiger partial charge in [-0.3, -0.25) is 0 Å². The summed E-state index contributed by atoms with van der Waals surface area (Å²) in [6, 6.07) is 8.45. The maximum absolute atomic E-state index is 10.0. The first-order chi connectivity index (χ1) is 9.96. The minimum absolute atomic E-state index is 0.343. The smallest absolute Gasteiger partial charge is 0.122 e. The van der Waals surface area contributed by atoms with Crippen molar-refractivity contribution in [2.24, 2.45) is 5.41 Å². The Morgan fingerprint density at radius 3 is 2.62 bits per heavy atom. The van der Waals surface area contributed by atoms with Crippen LogP contribution in [0.25, 0.3) is 0 Å². The molecule has 1 saturated carbocycles. The molecule has 0 spiro atoms. The van der Waals surface area contributed by atoms with Gasteiger partial charge in [0.05, 0.1) is 0 Å². The largest absolute Gasteiger partial charge is 0.491 e. The molecule has 1 aromatic carbocycles. The molecule has 0 amide bonds. The summed E-state index contributed by atoms with van der Waals surface area (Å²) < 4.78 is 5.68. The minimum atomic E-state index is -0.459. The summed E-state index contributed by atoms with van der Waals surface area (Å²) in [5, 5.41) is 13.5. The highest BCUT2D eigenvalue weighted by Gasteiger charge is 2.26. The normalized spacial score (nSPS) is 20.2. The van der Waals surface area contributed by atoms with Crippen LogP contribution in [0.1, 0.15) is 45.1 Å². The van der Waals surface area contributed by atoms with E-state index in [0.717, 1.165) is 11.3 Å². The second-order valence-electron chi connectivity index (χ2n) is 7.08. The van der Waals surface area contributed by atoms with Gasteiger partial charge in [0.25, 0.3) is 0 Å². The molecule has 0 bridgehead atoms. The lowest BCUT2D eigenvalue weighted by molar-refractivity contribution is 0.0979. The molecule has 3 nitrogen and oxygen atoms in total. The average Bonchev–Trinajstić information content (AvgIpc) is 2.45. The number of para-hydroxylation sites is 1. The van der Waals surface area contributed by atoms with Gasteiger partial charge in [0.2, 0.25) is 0 Å². The number of rotatable bonds is 6. The number of ether oxygens (including phenoxy) is 1. The van der Waals surface area contributed by atoms with Crippen molar-refractivity contribution in [1.29, 1.82) is 0 Å². The summed E-state index contributed by atoms with van der Waals surface area (Å²) in [7, 11) is 0. The van der Waals surface area contributed by atoms with Gasteiger partial charge in [0.1, 0.15) is 18.5 Å². The molecule has 0 heterocycles. The standard InChI is InChI=1S/C18H29NO2/c1-14-6-4-5-7-17(14)21-13-16(20)12-19-15-8-10-18(2,3)11-9-15/h4-7,15-16,19-20H,8-13H2,1-3H3. The van der Waals surface area contributed by atoms with Crippen molar-refractivity contribution in [3.63, 3.8) is 0 Å². The van der Waals surface area contributed by atoms with E-state index < -0.39 is 6.10 Å². The van der Waals surface area contributed by atoms with Gasteiger partial charge in [-0.15, -0.1) is 0 Å². The van der Waals surface area contributed by atoms with Crippen molar-refractivity contribution in [3.05, 3.63) is 29.8 Å². The van der Waals surface area contributed by atoms with Gasteiger partial charge in [0, 0.05) is 12.6 Å². The van der Waals surface area contributed by atoms with E-state index in [1.165, 1.54) is 25.7 Å². The van der Waals surface area contributed by atoms with Crippen molar-refractivity contribution < 1.29 is 9.84 Å². The number of aliphatic hydroxyl groups excluding tert-OH is 1. The van der Waals surface area contributed by atoms with E-state index in [-0.39, 0.29) is 0 Å². The van der Waals surface area contributed by atoms with Crippen LogP contribution in [0.4, 0.5) is 0 Å². The van der Waals surface area contributed by atoms with Gasteiger partial charge >= 0.3 is 0 Å². The minimum Gasteiger partial charge on any atom is -0.491 e. The molecular weight excluding hydrogens is 262 g/mol. The van der Waals surface area contributed by atoms with Crippen LogP contribution in [0.2, 0.25) is 0 Å². The Balaban J connectivity index is 1.66. The highest BCUT2D eigenvalue weighted by atomic mass is 16.5. The molecule has 1 aromatic rings. The Bertz CT molecular complexity index is 435. The second kappa shape index (κ2) is 7.28. The SMILES string of the molecule is Cc1ccccc1OCC(O)CNC1CCC(C)(C)CC1. The number of aliphatic hydroxyl groups is 1. The zero-order chi connectivity index (χ0) is 15.3. The van der Waals surface area contributed by atoms with Gasteiger partial charge in [-0.05, 0) is 49.7 Å². The van der Waals surface area contributed by atoms with Gasteiger partial charge in [-0.1, -0.05) is 32.0 Å². The monoisotopic (exact) mass is 291 g/mol. The number of aryl methyl sites for hydroxylation is 1. The predicted molar refractivity (Wildman–Crippen MR) is 86.7 cm³/mol. The third-order valence-corrected chi connectivity index (χ3v) is 4.51. The maximum atomic E-state index is 10.0. The zero-order valence-electron chi connectivity index (χ0n) is 13.6. The molecule has 21 heavy (non-hydrogen) atoms. The van der Waals surface area contributed by atoms with E-state index in [1.54, 1.807) is 0 Å². The average molecular weight is 291 g/mol. The Morgan fingerprint density at radius 2 is 1.95 bits per heavy atom. The molecule has 118 valence electrons. The molecule has 0 saturated heterocycles. The zero-order valence-corrected chi connectivity index (χ0v) is 13.6. The van der Waals surface area contributed by atoms with Crippen molar-refractivity contribution in [1.82, 2.24) is 5.32 Å². The molecule has 2 rings (SSSR count). The van der Waals surface area contributed by atoms with Gasteiger partial charge in [0.15, 0.2) is 0 Å². The Hall–Kier alpha value is -1.06. The summed E-state index contributed by atoms with van der Waals surface area (Å²) in [4.78, 5) is 0. The third-order valence-electron chi connectivity index (χ3n) is 4.51. The highest BCUT2D eigenvalue weighted by Crippen LogP contribution is 2.34. The van der Waals surface area contributed by atoms with Crippen LogP contribution in [-0.4, -0.2) is 30.4 Å². The first kappa shape index (κ1) is 16.3. The van der Waals surface area contributed by atoms with Gasteiger partial charge < -0.3 is 15.2 Å². The number of hydrogen-bond acceptors (Lipinski definition) is 3. The van der Waals surface area contributed by atoms with Crippen LogP contribution in [0.3, 0.4) is 0 Å². The van der Waals surface area contributed by atoms with Crippen LogP contribution in [0.5, 0.6) is 5.75 Å². The fourth-order valence-corrected chi connectivity index (χ4v) is 2.87. The van der Waals surface area contributed by atoms with E-state index >= 15 is 0 Å². The summed E-state index contributed by atoms with van der Waals surface area (Å²) in [6.07, 6.45) is 4.48. The van der Waals surface area contributed by atoms with E-state index in [9.17, 15) is 5.11 Å². The quantitative estimate of drug-likeness (QED) is 0.845. The van der Waals surface area contributed by atoms with Crippen molar-refractivity contribution in [3.8, 4) is 5.75 Å². The molecule has 0 radical (unpaired) electrons. The molecule has 0 aromatic heterocycles. The van der Waals surface area contributed by atoms with Crippen molar-refractivity contribution in [2.45, 2.75) is 58.6 Å². The number of benzene rings is 1. The van der Waals surface area contributed by atoms with Crippen LogP contribution in [0.15, 0.2) is 24.3 Å². The Kier molecular flexibility index (Phi) is 5.65. The van der Waals surface area contributed by atoms with Crippen molar-refractivity contribution >= 4 is 0 Å². The third kappa shape index (κ3) is 5.33. The maximum Gasteiger partial charge on any atom is 0.122 e. The van der Waals surface area contributed by atoms with E-state index in [0.29, 0.717) is 24.6 Å². The van der Waals surface area contributed by atoms with E-state index in [4.69, 9.17) is 4.74 Å². The predicted octanol–water partition coefficient (Wildman–Crippen LogP) is 3.29. The molecule has 1 fully saturated rings. The second-order valence-corrected chi connectivity index (χ2v) is 7.08. The summed E-state index contributed by atoms with van der Waals surface area (Å²) in [5.74, 6) is 0.857. The van der Waals surface area contributed by atoms with E-state index in [2.05, 4.69) is 19.2 Å². The Labute approximate surface area is 128 Å². The highest BCUT2D eigenvalue weighted by molar-refractivity contribution is 5.31. The summed E-state index contributed by atoms with van der Waals surface area (Å²) >= 11 is 0. The fraction of sp³-hybridized carbons (Fsp3) is 0.667. The molecule has 1 unspecified atom stereocenters. The van der Waals surface area contributed by atoms with Crippen LogP contribution < -0.4 is 10.1 Å². The first-order valence-electron chi connectivity index (χ1n) is 8.06. The molecule has 1 atom stereocenters. The molecule has 2 N–H and O–H groups in total. The fourth-order valence-electron chi connectivity index (χ4n) is 2.87. The summed E-state index contributed by atoms with van der Waals surface area (Å²) in [6.45, 7) is 7.65. The Morgan fingerprint density at radius 1 is 1.29 bits per heavy atom. The summed E-state index contributed by atoms with van der Waals surface area (Å²) in [5.41, 5.74) is 1.59. The van der Waals surface area contributed by atoms with Crippen LogP contribution in [-0.2, 0) is 0 Å². The van der Waals surface area contributed by atoms with Crippen molar-refractivity contribution in [2.75, 3.05) is 13.2 Å². The van der Waals surface area contributed by atoms with Gasteiger partial charge in [-0.25, -0.2) is 0 Å². The molecule has 1 aliphatic rings. The number of hydrogen-bond donors (Lipinski definition) is 2. The van der Waals surface area contributed by atoms with Gasteiger partial charge in [-0.2, -0.15) is 0 Å². The molecule has 1 aliphatic carbocycles. The lowest BCUT2D eigenvalue weighted by Gasteiger charge is -2.35.